The van der Waals surface area contributed by atoms with Crippen molar-refractivity contribution in [2.75, 3.05) is 13.1 Å². The Morgan fingerprint density at radius 3 is 1.58 bits per heavy atom. The van der Waals surface area contributed by atoms with E-state index in [1.165, 1.54) is 22.3 Å². The summed E-state index contributed by atoms with van der Waals surface area (Å²) in [6.07, 6.45) is 1.97. The summed E-state index contributed by atoms with van der Waals surface area (Å²) in [5, 5.41) is 14.3. The second-order valence-corrected chi connectivity index (χ2v) is 8.73. The lowest BCUT2D eigenvalue weighted by molar-refractivity contribution is 0.461. The zero-order chi connectivity index (χ0) is 22.9. The second kappa shape index (κ2) is 11.5. The Bertz CT molecular complexity index is 1070. The third-order valence-corrected chi connectivity index (χ3v) is 6.38. The number of aryl methyl sites for hydroxylation is 1. The van der Waals surface area contributed by atoms with Crippen LogP contribution in [0.3, 0.4) is 0 Å². The van der Waals surface area contributed by atoms with Crippen LogP contribution in [-0.4, -0.2) is 18.2 Å². The quantitative estimate of drug-likeness (QED) is 0.262. The smallest absolute Gasteiger partial charge is 0.119 e. The highest BCUT2D eigenvalue weighted by atomic mass is 16.3. The summed E-state index contributed by atoms with van der Waals surface area (Å²) in [6.45, 7) is 3.91. The Kier molecular flexibility index (Phi) is 7.94. The Balaban J connectivity index is 1.41. The number of nitrogens with one attached hydrogen (secondary N) is 1. The van der Waals surface area contributed by atoms with Gasteiger partial charge in [-0.05, 0) is 55.6 Å². The van der Waals surface area contributed by atoms with Gasteiger partial charge in [-0.3, -0.25) is 0 Å². The SMILES string of the molecule is Cc1ccc(O)c(C(CCNCCC(c2ccccc2)c2ccccc2)c2ccccc2)c1. The van der Waals surface area contributed by atoms with E-state index in [0.717, 1.165) is 31.5 Å². The third-order valence-electron chi connectivity index (χ3n) is 6.38. The first-order valence-electron chi connectivity index (χ1n) is 11.9. The maximum atomic E-state index is 10.6. The molecule has 0 saturated carbocycles. The van der Waals surface area contributed by atoms with E-state index < -0.39 is 0 Å². The van der Waals surface area contributed by atoms with E-state index in [-0.39, 0.29) is 5.92 Å². The largest absolute Gasteiger partial charge is 0.508 e. The fourth-order valence-electron chi connectivity index (χ4n) is 4.65. The number of phenolic OH excluding ortho intramolecular Hbond substituents is 1. The molecule has 0 radical (unpaired) electrons. The van der Waals surface area contributed by atoms with Crippen LogP contribution >= 0.6 is 0 Å². The van der Waals surface area contributed by atoms with Crippen molar-refractivity contribution in [3.8, 4) is 5.75 Å². The van der Waals surface area contributed by atoms with Crippen LogP contribution < -0.4 is 5.32 Å². The van der Waals surface area contributed by atoms with E-state index in [0.29, 0.717) is 11.7 Å². The maximum absolute atomic E-state index is 10.6. The molecule has 168 valence electrons. The van der Waals surface area contributed by atoms with Crippen LogP contribution in [0.4, 0.5) is 0 Å². The minimum absolute atomic E-state index is 0.164. The summed E-state index contributed by atoms with van der Waals surface area (Å²) in [5.41, 5.74) is 6.14. The molecule has 0 aliphatic carbocycles. The zero-order valence-electron chi connectivity index (χ0n) is 19.3. The number of aromatic hydroxyl groups is 1. The number of rotatable bonds is 10. The van der Waals surface area contributed by atoms with Gasteiger partial charge in [-0.25, -0.2) is 0 Å². The van der Waals surface area contributed by atoms with Crippen molar-refractivity contribution in [3.05, 3.63) is 137 Å². The summed E-state index contributed by atoms with van der Waals surface area (Å²) in [5.74, 6) is 0.922. The van der Waals surface area contributed by atoms with Gasteiger partial charge in [0.05, 0.1) is 0 Å². The standard InChI is InChI=1S/C31H33NO/c1-24-17-18-31(33)30(23-24)29(27-15-9-4-10-16-27)20-22-32-21-19-28(25-11-5-2-6-12-25)26-13-7-3-8-14-26/h2-18,23,28-29,32-33H,19-22H2,1H3. The molecule has 0 amide bonds. The topological polar surface area (TPSA) is 32.3 Å². The van der Waals surface area contributed by atoms with Gasteiger partial charge >= 0.3 is 0 Å². The number of phenols is 1. The Morgan fingerprint density at radius 2 is 1.06 bits per heavy atom. The van der Waals surface area contributed by atoms with E-state index in [2.05, 4.69) is 103 Å². The fourth-order valence-corrected chi connectivity index (χ4v) is 4.65. The average molecular weight is 436 g/mol. The maximum Gasteiger partial charge on any atom is 0.119 e. The highest BCUT2D eigenvalue weighted by Crippen LogP contribution is 2.34. The van der Waals surface area contributed by atoms with Crippen molar-refractivity contribution in [1.82, 2.24) is 5.32 Å². The van der Waals surface area contributed by atoms with Gasteiger partial charge in [0, 0.05) is 17.4 Å². The van der Waals surface area contributed by atoms with Crippen LogP contribution in [0.2, 0.25) is 0 Å². The lowest BCUT2D eigenvalue weighted by Gasteiger charge is -2.21. The molecule has 0 saturated heterocycles. The third kappa shape index (κ3) is 6.12. The summed E-state index contributed by atoms with van der Waals surface area (Å²) in [4.78, 5) is 0. The Hall–Kier alpha value is -3.36. The first-order valence-corrected chi connectivity index (χ1v) is 11.9. The van der Waals surface area contributed by atoms with E-state index in [1.807, 2.05) is 18.2 Å². The van der Waals surface area contributed by atoms with Crippen LogP contribution in [0.1, 0.15) is 52.5 Å². The molecule has 1 unspecified atom stereocenters. The molecule has 1 atom stereocenters. The minimum atomic E-state index is 0.164. The van der Waals surface area contributed by atoms with E-state index in [1.54, 1.807) is 0 Å². The van der Waals surface area contributed by atoms with Gasteiger partial charge in [-0.2, -0.15) is 0 Å². The number of benzene rings is 4. The van der Waals surface area contributed by atoms with Gasteiger partial charge in [-0.1, -0.05) is 109 Å². The van der Waals surface area contributed by atoms with Gasteiger partial charge < -0.3 is 10.4 Å². The molecule has 0 fully saturated rings. The molecule has 4 aromatic rings. The lowest BCUT2D eigenvalue weighted by atomic mass is 9.87. The molecule has 4 aromatic carbocycles. The predicted octanol–water partition coefficient (Wildman–Crippen LogP) is 7.03. The van der Waals surface area contributed by atoms with Gasteiger partial charge in [-0.15, -0.1) is 0 Å². The van der Waals surface area contributed by atoms with Crippen molar-refractivity contribution in [2.45, 2.75) is 31.6 Å². The van der Waals surface area contributed by atoms with Crippen molar-refractivity contribution >= 4 is 0 Å². The number of hydrogen-bond donors (Lipinski definition) is 2. The molecule has 0 heterocycles. The molecule has 4 rings (SSSR count). The van der Waals surface area contributed by atoms with Crippen molar-refractivity contribution < 1.29 is 5.11 Å². The molecule has 0 aliphatic heterocycles. The average Bonchev–Trinajstić information content (AvgIpc) is 2.87. The summed E-state index contributed by atoms with van der Waals surface area (Å²) in [6, 6.07) is 38.0. The first kappa shape index (κ1) is 22.8. The fraction of sp³-hybridized carbons (Fsp3) is 0.226. The number of hydrogen-bond acceptors (Lipinski definition) is 2. The van der Waals surface area contributed by atoms with Crippen molar-refractivity contribution in [2.24, 2.45) is 0 Å². The predicted molar refractivity (Wildman–Crippen MR) is 138 cm³/mol. The van der Waals surface area contributed by atoms with E-state index in [9.17, 15) is 5.11 Å². The van der Waals surface area contributed by atoms with E-state index in [4.69, 9.17) is 0 Å². The summed E-state index contributed by atoms with van der Waals surface area (Å²) >= 11 is 0. The van der Waals surface area contributed by atoms with Crippen LogP contribution in [0.5, 0.6) is 5.75 Å². The second-order valence-electron chi connectivity index (χ2n) is 8.73. The Morgan fingerprint density at radius 1 is 0.606 bits per heavy atom. The van der Waals surface area contributed by atoms with Crippen molar-refractivity contribution in [3.63, 3.8) is 0 Å². The molecule has 33 heavy (non-hydrogen) atoms. The summed E-state index contributed by atoms with van der Waals surface area (Å²) in [7, 11) is 0. The van der Waals surface area contributed by atoms with Crippen LogP contribution in [0.15, 0.2) is 109 Å². The highest BCUT2D eigenvalue weighted by molar-refractivity contribution is 5.43. The van der Waals surface area contributed by atoms with Crippen molar-refractivity contribution in [1.29, 1.82) is 0 Å². The molecule has 0 aliphatic rings. The van der Waals surface area contributed by atoms with Crippen LogP contribution in [0, 0.1) is 6.92 Å². The molecule has 0 spiro atoms. The molecular formula is C31H33NO. The van der Waals surface area contributed by atoms with Gasteiger partial charge in [0.25, 0.3) is 0 Å². The molecule has 0 bridgehead atoms. The zero-order valence-corrected chi connectivity index (χ0v) is 19.3. The minimum Gasteiger partial charge on any atom is -0.508 e. The molecule has 2 nitrogen and oxygen atoms in total. The first-order chi connectivity index (χ1) is 16.2. The van der Waals surface area contributed by atoms with Crippen LogP contribution in [0.25, 0.3) is 0 Å². The molecule has 2 N–H and O–H groups in total. The molecule has 0 aromatic heterocycles. The Labute approximate surface area is 198 Å². The highest BCUT2D eigenvalue weighted by Gasteiger charge is 2.18. The molecule has 2 heteroatoms. The van der Waals surface area contributed by atoms with Crippen LogP contribution in [-0.2, 0) is 0 Å². The molecular weight excluding hydrogens is 402 g/mol. The van der Waals surface area contributed by atoms with E-state index >= 15 is 0 Å². The normalized spacial score (nSPS) is 12.1. The lowest BCUT2D eigenvalue weighted by Crippen LogP contribution is -2.21. The van der Waals surface area contributed by atoms with Gasteiger partial charge in [0.1, 0.15) is 5.75 Å². The monoisotopic (exact) mass is 435 g/mol. The van der Waals surface area contributed by atoms with Gasteiger partial charge in [0.2, 0.25) is 0 Å². The summed E-state index contributed by atoms with van der Waals surface area (Å²) < 4.78 is 0. The van der Waals surface area contributed by atoms with Gasteiger partial charge in [0.15, 0.2) is 0 Å².